The summed E-state index contributed by atoms with van der Waals surface area (Å²) in [5.74, 6) is 0.538. The third kappa shape index (κ3) is 6.65. The van der Waals surface area contributed by atoms with Gasteiger partial charge in [0.15, 0.2) is 0 Å². The number of carbonyl (C=O) groups is 1. The number of piperidine rings is 1. The van der Waals surface area contributed by atoms with Gasteiger partial charge >= 0.3 is 6.09 Å². The van der Waals surface area contributed by atoms with Gasteiger partial charge in [-0.25, -0.2) is 13.2 Å². The number of hydrogen-bond donors (Lipinski definition) is 3. The molecule has 2 heterocycles. The van der Waals surface area contributed by atoms with Crippen molar-refractivity contribution < 1.29 is 32.9 Å². The standard InChI is InChI=1S/C27H37N3O7S/c1-36-23-7-9-24(10-8-23)38(34,35)29(21-11-14-28-15-12-21)18-26(31)25(17-20-5-3-2-4-6-20)30(27(32)33)22-13-16-37-19-22/h2-10,21-22,25-26,28,31H,11-19H2,1H3,(H,32,33)/t22-,25-,26+/m0/s1. The van der Waals surface area contributed by atoms with Crippen molar-refractivity contribution in [3.63, 3.8) is 0 Å². The first kappa shape index (κ1) is 28.3. The second kappa shape index (κ2) is 12.9. The zero-order valence-electron chi connectivity index (χ0n) is 21.6. The van der Waals surface area contributed by atoms with Crippen LogP contribution in [0.15, 0.2) is 59.5 Å². The summed E-state index contributed by atoms with van der Waals surface area (Å²) >= 11 is 0. The van der Waals surface area contributed by atoms with Gasteiger partial charge in [0, 0.05) is 19.2 Å². The first-order valence-corrected chi connectivity index (χ1v) is 14.4. The molecule has 0 bridgehead atoms. The highest BCUT2D eigenvalue weighted by atomic mass is 32.2. The van der Waals surface area contributed by atoms with E-state index in [9.17, 15) is 23.4 Å². The van der Waals surface area contributed by atoms with Gasteiger partial charge in [0.25, 0.3) is 0 Å². The highest BCUT2D eigenvalue weighted by Gasteiger charge is 2.41. The van der Waals surface area contributed by atoms with Gasteiger partial charge in [-0.1, -0.05) is 30.3 Å². The van der Waals surface area contributed by atoms with Crippen molar-refractivity contribution in [2.75, 3.05) is 40.0 Å². The van der Waals surface area contributed by atoms with Crippen LogP contribution < -0.4 is 10.1 Å². The molecule has 10 nitrogen and oxygen atoms in total. The van der Waals surface area contributed by atoms with Crippen LogP contribution in [0.4, 0.5) is 4.79 Å². The number of hydrogen-bond acceptors (Lipinski definition) is 7. The number of rotatable bonds is 11. The molecule has 0 radical (unpaired) electrons. The number of aliphatic hydroxyl groups is 1. The molecule has 4 rings (SSSR count). The molecule has 0 aliphatic carbocycles. The first-order valence-electron chi connectivity index (χ1n) is 13.0. The smallest absolute Gasteiger partial charge is 0.407 e. The lowest BCUT2D eigenvalue weighted by molar-refractivity contribution is 0.0125. The zero-order chi connectivity index (χ0) is 27.1. The average molecular weight is 548 g/mol. The van der Waals surface area contributed by atoms with Crippen LogP contribution in [0.2, 0.25) is 0 Å². The van der Waals surface area contributed by atoms with Crippen molar-refractivity contribution in [2.45, 2.75) is 54.8 Å². The maximum absolute atomic E-state index is 13.9. The number of aliphatic hydroxyl groups excluding tert-OH is 1. The molecular formula is C27H37N3O7S. The lowest BCUT2D eigenvalue weighted by atomic mass is 9.97. The van der Waals surface area contributed by atoms with Crippen molar-refractivity contribution in [3.05, 3.63) is 60.2 Å². The number of ether oxygens (including phenoxy) is 2. The van der Waals surface area contributed by atoms with E-state index < -0.39 is 34.3 Å². The van der Waals surface area contributed by atoms with Crippen LogP contribution in [0.25, 0.3) is 0 Å². The summed E-state index contributed by atoms with van der Waals surface area (Å²) in [6.45, 7) is 1.77. The molecule has 38 heavy (non-hydrogen) atoms. The number of benzene rings is 2. The fraction of sp³-hybridized carbons (Fsp3) is 0.519. The Kier molecular flexibility index (Phi) is 9.61. The number of nitrogens with zero attached hydrogens (tertiary/aromatic N) is 2. The maximum atomic E-state index is 13.9. The van der Waals surface area contributed by atoms with E-state index >= 15 is 0 Å². The summed E-state index contributed by atoms with van der Waals surface area (Å²) in [4.78, 5) is 13.9. The van der Waals surface area contributed by atoms with Crippen molar-refractivity contribution in [3.8, 4) is 5.75 Å². The number of sulfonamides is 1. The lowest BCUT2D eigenvalue weighted by Gasteiger charge is -2.40. The van der Waals surface area contributed by atoms with Crippen molar-refractivity contribution >= 4 is 16.1 Å². The molecule has 0 spiro atoms. The Labute approximate surface area is 224 Å². The summed E-state index contributed by atoms with van der Waals surface area (Å²) in [5, 5.41) is 25.1. The summed E-state index contributed by atoms with van der Waals surface area (Å²) in [5.41, 5.74) is 0.855. The number of amides is 1. The summed E-state index contributed by atoms with van der Waals surface area (Å²) in [6.07, 6.45) is -0.489. The molecule has 11 heteroatoms. The molecule has 0 unspecified atom stereocenters. The van der Waals surface area contributed by atoms with E-state index in [2.05, 4.69) is 5.32 Å². The highest BCUT2D eigenvalue weighted by molar-refractivity contribution is 7.89. The average Bonchev–Trinajstić information content (AvgIpc) is 3.46. The third-order valence-electron chi connectivity index (χ3n) is 7.36. The Hall–Kier alpha value is -2.70. The number of methoxy groups -OCH3 is 1. The van der Waals surface area contributed by atoms with E-state index in [4.69, 9.17) is 9.47 Å². The fourth-order valence-electron chi connectivity index (χ4n) is 5.31. The van der Waals surface area contributed by atoms with Crippen LogP contribution in [0.1, 0.15) is 24.8 Å². The summed E-state index contributed by atoms with van der Waals surface area (Å²) in [6, 6.07) is 13.9. The van der Waals surface area contributed by atoms with Gasteiger partial charge in [0.1, 0.15) is 5.75 Å². The highest BCUT2D eigenvalue weighted by Crippen LogP contribution is 2.27. The molecule has 2 aromatic rings. The zero-order valence-corrected chi connectivity index (χ0v) is 22.4. The minimum absolute atomic E-state index is 0.0999. The van der Waals surface area contributed by atoms with E-state index in [1.165, 1.54) is 28.4 Å². The Morgan fingerprint density at radius 3 is 2.34 bits per heavy atom. The maximum Gasteiger partial charge on any atom is 0.407 e. The minimum Gasteiger partial charge on any atom is -0.497 e. The second-order valence-corrected chi connectivity index (χ2v) is 11.7. The topological polar surface area (TPSA) is 129 Å². The Balaban J connectivity index is 1.67. The lowest BCUT2D eigenvalue weighted by Crippen LogP contribution is -2.57. The van der Waals surface area contributed by atoms with Crippen molar-refractivity contribution in [1.29, 1.82) is 0 Å². The predicted octanol–water partition coefficient (Wildman–Crippen LogP) is 2.18. The van der Waals surface area contributed by atoms with E-state index in [1.54, 1.807) is 12.1 Å². The van der Waals surface area contributed by atoms with Crippen LogP contribution >= 0.6 is 0 Å². The molecular weight excluding hydrogens is 510 g/mol. The van der Waals surface area contributed by atoms with Crippen LogP contribution in [0, 0.1) is 0 Å². The van der Waals surface area contributed by atoms with E-state index in [-0.39, 0.29) is 30.5 Å². The molecule has 0 aromatic heterocycles. The second-order valence-electron chi connectivity index (χ2n) is 9.76. The quantitative estimate of drug-likeness (QED) is 0.391. The van der Waals surface area contributed by atoms with Gasteiger partial charge in [0.2, 0.25) is 10.0 Å². The largest absolute Gasteiger partial charge is 0.497 e. The van der Waals surface area contributed by atoms with E-state index in [0.29, 0.717) is 44.7 Å². The van der Waals surface area contributed by atoms with E-state index in [0.717, 1.165) is 5.56 Å². The molecule has 3 N–H and O–H groups in total. The van der Waals surface area contributed by atoms with Crippen molar-refractivity contribution in [2.24, 2.45) is 0 Å². The molecule has 2 aromatic carbocycles. The summed E-state index contributed by atoms with van der Waals surface area (Å²) in [7, 11) is -2.48. The monoisotopic (exact) mass is 547 g/mol. The van der Waals surface area contributed by atoms with Crippen molar-refractivity contribution in [1.82, 2.24) is 14.5 Å². The molecule has 2 aliphatic heterocycles. The normalized spacial score (nSPS) is 20.2. The number of carboxylic acid groups (broad SMARTS) is 1. The van der Waals surface area contributed by atoms with Gasteiger partial charge in [-0.2, -0.15) is 4.31 Å². The number of nitrogens with one attached hydrogen (secondary N) is 1. The Bertz CT molecular complexity index is 1140. The van der Waals surface area contributed by atoms with Crippen LogP contribution in [-0.4, -0.2) is 98.1 Å². The SMILES string of the molecule is COc1ccc(S(=O)(=O)N(C[C@@H](O)[C@H](Cc2ccccc2)N(C(=O)O)[C@H]2CCOC2)C2CCNCC2)cc1. The van der Waals surface area contributed by atoms with Crippen LogP contribution in [0.3, 0.4) is 0 Å². The molecule has 3 atom stereocenters. The molecule has 208 valence electrons. The van der Waals surface area contributed by atoms with Gasteiger partial charge in [-0.15, -0.1) is 0 Å². The van der Waals surface area contributed by atoms with Gasteiger partial charge in [-0.3, -0.25) is 4.90 Å². The van der Waals surface area contributed by atoms with E-state index in [1.807, 2.05) is 30.3 Å². The van der Waals surface area contributed by atoms with Gasteiger partial charge in [-0.05, 0) is 68.6 Å². The van der Waals surface area contributed by atoms with Crippen LogP contribution in [-0.2, 0) is 21.2 Å². The third-order valence-corrected chi connectivity index (χ3v) is 9.29. The first-order chi connectivity index (χ1) is 18.3. The molecule has 2 aliphatic rings. The van der Waals surface area contributed by atoms with Gasteiger partial charge in [0.05, 0.1) is 36.8 Å². The minimum atomic E-state index is -3.99. The van der Waals surface area contributed by atoms with Gasteiger partial charge < -0.3 is 25.0 Å². The predicted molar refractivity (Wildman–Crippen MR) is 142 cm³/mol. The van der Waals surface area contributed by atoms with Crippen LogP contribution in [0.5, 0.6) is 5.75 Å². The summed E-state index contributed by atoms with van der Waals surface area (Å²) < 4.78 is 39.8. The molecule has 2 saturated heterocycles. The Morgan fingerprint density at radius 2 is 1.76 bits per heavy atom. The molecule has 1 amide bonds. The fourth-order valence-corrected chi connectivity index (χ4v) is 7.02. The Morgan fingerprint density at radius 1 is 1.08 bits per heavy atom. The molecule has 2 fully saturated rings. The molecule has 0 saturated carbocycles.